The Morgan fingerprint density at radius 1 is 0.211 bits per heavy atom. The molecular weight excluding hydrogens is 917 g/mol. The van der Waals surface area contributed by atoms with Crippen molar-refractivity contribution >= 4 is 97.2 Å². The second-order valence-electron chi connectivity index (χ2n) is 21.1. The van der Waals surface area contributed by atoms with Gasteiger partial charge in [-0.25, -0.2) is 0 Å². The number of benzene rings is 14. The summed E-state index contributed by atoms with van der Waals surface area (Å²) >= 11 is 0. The summed E-state index contributed by atoms with van der Waals surface area (Å²) in [7, 11) is 0. The molecule has 14 aromatic carbocycles. The van der Waals surface area contributed by atoms with Crippen LogP contribution in [-0.4, -0.2) is 9.13 Å². The van der Waals surface area contributed by atoms with Crippen LogP contribution in [0.2, 0.25) is 0 Å². The smallest absolute Gasteiger partial charge is 0.0528 e. The Morgan fingerprint density at radius 2 is 0.697 bits per heavy atom. The molecule has 0 radical (unpaired) electrons. The summed E-state index contributed by atoms with van der Waals surface area (Å²) in [6, 6.07) is 91.7. The first-order valence-corrected chi connectivity index (χ1v) is 26.5. The number of aromatic nitrogens is 2. The third kappa shape index (κ3) is 5.34. The second kappa shape index (κ2) is 14.8. The van der Waals surface area contributed by atoms with E-state index < -0.39 is 0 Å². The van der Waals surface area contributed by atoms with E-state index in [0.717, 1.165) is 11.4 Å². The van der Waals surface area contributed by atoms with Crippen molar-refractivity contribution in [2.24, 2.45) is 0 Å². The minimum atomic E-state index is 1.16. The van der Waals surface area contributed by atoms with E-state index in [0.29, 0.717) is 0 Å². The molecule has 0 atom stereocenters. The highest BCUT2D eigenvalue weighted by molar-refractivity contribution is 6.35. The van der Waals surface area contributed by atoms with Crippen LogP contribution >= 0.6 is 0 Å². The molecule has 0 bridgehead atoms. The fourth-order valence-electron chi connectivity index (χ4n) is 14.1. The SMILES string of the molecule is c1ccc(-n2ccc3cc(-c4c5c(c(-c6ccc7c(ccn7-c7ccccc7)c6)c6c4ccc4c7cc8c(cc7ccc46)-c4cccc6c4c-8cc4ccccc46)-c4cccc6c4c-5cc4ccccc46)ccc32)cc1. The van der Waals surface area contributed by atoms with Gasteiger partial charge in [0.05, 0.1) is 11.0 Å². The molecule has 0 amide bonds. The molecule has 0 unspecified atom stereocenters. The van der Waals surface area contributed by atoms with E-state index in [1.165, 1.54) is 164 Å². The van der Waals surface area contributed by atoms with E-state index in [9.17, 15) is 0 Å². The van der Waals surface area contributed by atoms with Crippen LogP contribution in [0.15, 0.2) is 255 Å². The minimum Gasteiger partial charge on any atom is -0.317 e. The number of fused-ring (bicyclic) bond motifs is 17. The van der Waals surface area contributed by atoms with Crippen LogP contribution in [0.1, 0.15) is 0 Å². The molecule has 76 heavy (non-hydrogen) atoms. The first-order valence-electron chi connectivity index (χ1n) is 26.5. The predicted octanol–water partition coefficient (Wildman–Crippen LogP) is 20.3. The third-order valence-electron chi connectivity index (χ3n) is 17.3. The fourth-order valence-corrected chi connectivity index (χ4v) is 14.1. The van der Waals surface area contributed by atoms with Gasteiger partial charge in [-0.1, -0.05) is 158 Å². The Labute approximate surface area is 437 Å². The van der Waals surface area contributed by atoms with E-state index >= 15 is 0 Å². The Morgan fingerprint density at radius 3 is 1.37 bits per heavy atom. The molecule has 0 spiro atoms. The standard InChI is InChI=1S/C74H42N2/c1-3-15-50(16-4-1)75-35-33-46-37-48(26-31-66(46)75)68-60-30-29-54-58(28-25-45-39-62-57-23-11-21-55-52-19-9-7-13-43(52)40-64(70(55)57)63(62)42-61(45)54)72(60)69(49-27-32-67-47(38-49)34-36-76(67)51-17-5-2-6-18-51)73-59-24-12-22-56-53-20-10-8-14-44(53)41-65(71(56)59)74(68)73/h1-42H. The van der Waals surface area contributed by atoms with Gasteiger partial charge >= 0.3 is 0 Å². The maximum atomic E-state index is 2.52. The summed E-state index contributed by atoms with van der Waals surface area (Å²) in [6.45, 7) is 0. The summed E-state index contributed by atoms with van der Waals surface area (Å²) in [5.74, 6) is 0. The lowest BCUT2D eigenvalue weighted by Gasteiger charge is -2.23. The highest BCUT2D eigenvalue weighted by atomic mass is 15.0. The number of para-hydroxylation sites is 2. The summed E-state index contributed by atoms with van der Waals surface area (Å²) < 4.78 is 4.63. The zero-order valence-corrected chi connectivity index (χ0v) is 41.1. The molecule has 348 valence electrons. The Hall–Kier alpha value is -10.0. The minimum absolute atomic E-state index is 1.16. The van der Waals surface area contributed by atoms with E-state index in [-0.39, 0.29) is 0 Å². The number of nitrogens with zero attached hydrogens (tertiary/aromatic N) is 2. The molecule has 0 saturated heterocycles. The van der Waals surface area contributed by atoms with E-state index in [1.54, 1.807) is 0 Å². The molecule has 2 aliphatic carbocycles. The van der Waals surface area contributed by atoms with Gasteiger partial charge in [-0.3, -0.25) is 0 Å². The van der Waals surface area contributed by atoms with E-state index in [1.807, 2.05) is 0 Å². The fraction of sp³-hybridized carbons (Fsp3) is 0. The van der Waals surface area contributed by atoms with Crippen molar-refractivity contribution in [1.82, 2.24) is 9.13 Å². The monoisotopic (exact) mass is 958 g/mol. The van der Waals surface area contributed by atoms with Gasteiger partial charge in [0, 0.05) is 34.5 Å². The van der Waals surface area contributed by atoms with Crippen molar-refractivity contribution in [3.05, 3.63) is 255 Å². The molecule has 2 heteroatoms. The average Bonchev–Trinajstić information content (AvgIpc) is 4.45. The Balaban J connectivity index is 0.988. The quantitative estimate of drug-likeness (QED) is 0.156. The van der Waals surface area contributed by atoms with Gasteiger partial charge in [-0.15, -0.1) is 0 Å². The molecule has 2 heterocycles. The van der Waals surface area contributed by atoms with Crippen LogP contribution < -0.4 is 0 Å². The van der Waals surface area contributed by atoms with Crippen molar-refractivity contribution in [1.29, 1.82) is 0 Å². The number of hydrogen-bond acceptors (Lipinski definition) is 0. The third-order valence-corrected chi connectivity index (χ3v) is 17.3. The van der Waals surface area contributed by atoms with Gasteiger partial charge in [0.1, 0.15) is 0 Å². The lowest BCUT2D eigenvalue weighted by Crippen LogP contribution is -1.96. The highest BCUT2D eigenvalue weighted by Crippen LogP contribution is 2.60. The molecule has 2 aliphatic rings. The van der Waals surface area contributed by atoms with Crippen molar-refractivity contribution in [2.45, 2.75) is 0 Å². The maximum absolute atomic E-state index is 2.52. The molecule has 0 N–H and O–H groups in total. The van der Waals surface area contributed by atoms with Crippen LogP contribution in [0.25, 0.3) is 175 Å². The zero-order chi connectivity index (χ0) is 49.3. The van der Waals surface area contributed by atoms with Crippen molar-refractivity contribution in [2.75, 3.05) is 0 Å². The summed E-state index contributed by atoms with van der Waals surface area (Å²) in [6.07, 6.45) is 4.44. The van der Waals surface area contributed by atoms with E-state index in [4.69, 9.17) is 0 Å². The van der Waals surface area contributed by atoms with Crippen LogP contribution in [0.4, 0.5) is 0 Å². The van der Waals surface area contributed by atoms with Gasteiger partial charge in [-0.2, -0.15) is 0 Å². The molecule has 2 nitrogen and oxygen atoms in total. The summed E-state index contributed by atoms with van der Waals surface area (Å²) in [5.41, 5.74) is 20.1. The molecule has 18 rings (SSSR count). The highest BCUT2D eigenvalue weighted by Gasteiger charge is 2.33. The largest absolute Gasteiger partial charge is 0.317 e. The second-order valence-corrected chi connectivity index (χ2v) is 21.1. The van der Waals surface area contributed by atoms with Crippen molar-refractivity contribution in [3.63, 3.8) is 0 Å². The van der Waals surface area contributed by atoms with Crippen LogP contribution in [0.3, 0.4) is 0 Å². The van der Waals surface area contributed by atoms with Crippen molar-refractivity contribution in [3.8, 4) is 78.1 Å². The van der Waals surface area contributed by atoms with Gasteiger partial charge in [0.15, 0.2) is 0 Å². The first-order chi connectivity index (χ1) is 37.7. The summed E-state index contributed by atoms with van der Waals surface area (Å²) in [5, 5.41) is 20.4. The van der Waals surface area contributed by atoms with Gasteiger partial charge in [0.2, 0.25) is 0 Å². The van der Waals surface area contributed by atoms with Crippen molar-refractivity contribution < 1.29 is 0 Å². The maximum Gasteiger partial charge on any atom is 0.0528 e. The molecule has 0 saturated carbocycles. The Kier molecular flexibility index (Phi) is 7.89. The zero-order valence-electron chi connectivity index (χ0n) is 41.1. The number of rotatable bonds is 4. The predicted molar refractivity (Wildman–Crippen MR) is 322 cm³/mol. The van der Waals surface area contributed by atoms with Crippen LogP contribution in [0, 0.1) is 0 Å². The summed E-state index contributed by atoms with van der Waals surface area (Å²) in [4.78, 5) is 0. The van der Waals surface area contributed by atoms with Crippen LogP contribution in [0.5, 0.6) is 0 Å². The molecule has 0 aliphatic heterocycles. The van der Waals surface area contributed by atoms with Gasteiger partial charge < -0.3 is 9.13 Å². The lowest BCUT2D eigenvalue weighted by molar-refractivity contribution is 1.13. The Bertz CT molecular complexity index is 5270. The first kappa shape index (κ1) is 40.5. The van der Waals surface area contributed by atoms with Crippen LogP contribution in [-0.2, 0) is 0 Å². The normalized spacial score (nSPS) is 12.5. The molecular formula is C74H42N2. The van der Waals surface area contributed by atoms with Gasteiger partial charge in [-0.05, 0) is 227 Å². The van der Waals surface area contributed by atoms with Gasteiger partial charge in [0.25, 0.3) is 0 Å². The number of hydrogen-bond donors (Lipinski definition) is 0. The molecule has 0 fully saturated rings. The molecule has 16 aromatic rings. The topological polar surface area (TPSA) is 9.86 Å². The lowest BCUT2D eigenvalue weighted by atomic mass is 9.80. The van der Waals surface area contributed by atoms with E-state index in [2.05, 4.69) is 264 Å². The average molecular weight is 959 g/mol. The molecule has 2 aromatic heterocycles.